The third kappa shape index (κ3) is 3.02. The molecule has 0 aliphatic carbocycles. The van der Waals surface area contributed by atoms with Crippen molar-refractivity contribution in [3.05, 3.63) is 27.0 Å². The van der Waals surface area contributed by atoms with E-state index < -0.39 is 0 Å². The molecule has 0 radical (unpaired) electrons. The maximum atomic E-state index is 5.69. The van der Waals surface area contributed by atoms with Crippen molar-refractivity contribution in [3.63, 3.8) is 0 Å². The van der Waals surface area contributed by atoms with Crippen LogP contribution in [0.2, 0.25) is 0 Å². The lowest BCUT2D eigenvalue weighted by Crippen LogP contribution is -2.05. The summed E-state index contributed by atoms with van der Waals surface area (Å²) in [6, 6.07) is 1.89. The van der Waals surface area contributed by atoms with Gasteiger partial charge in [-0.2, -0.15) is 9.97 Å². The molecule has 2 rings (SSSR count). The summed E-state index contributed by atoms with van der Waals surface area (Å²) in [7, 11) is 0. The Balaban J connectivity index is 2.49. The minimum Gasteiger partial charge on any atom is -0.368 e. The van der Waals surface area contributed by atoms with E-state index in [1.165, 1.54) is 0 Å². The molecule has 94 valence electrons. The number of aryl methyl sites for hydroxylation is 1. The molecule has 0 spiro atoms. The second kappa shape index (κ2) is 5.71. The highest BCUT2D eigenvalue weighted by Gasteiger charge is 2.11. The molecular formula is C11H11Br2N5. The monoisotopic (exact) mass is 371 g/mol. The Bertz CT molecular complexity index is 573. The lowest BCUT2D eigenvalue weighted by Gasteiger charge is -2.05. The fraction of sp³-hybridized carbons (Fsp3) is 0.273. The van der Waals surface area contributed by atoms with Gasteiger partial charge < -0.3 is 5.73 Å². The topological polar surface area (TPSA) is 77.6 Å². The van der Waals surface area contributed by atoms with Crippen LogP contribution in [0.4, 0.5) is 5.95 Å². The van der Waals surface area contributed by atoms with E-state index in [1.54, 1.807) is 6.20 Å². The van der Waals surface area contributed by atoms with Crippen molar-refractivity contribution >= 4 is 37.8 Å². The third-order valence-corrected chi connectivity index (χ3v) is 3.23. The van der Waals surface area contributed by atoms with Crippen molar-refractivity contribution in [2.75, 3.05) is 5.73 Å². The van der Waals surface area contributed by atoms with Gasteiger partial charge in [0.1, 0.15) is 11.5 Å². The van der Waals surface area contributed by atoms with E-state index in [4.69, 9.17) is 5.73 Å². The first-order valence-electron chi connectivity index (χ1n) is 5.42. The first kappa shape index (κ1) is 13.4. The molecule has 0 aromatic carbocycles. The Morgan fingerprint density at radius 2 is 2.00 bits per heavy atom. The van der Waals surface area contributed by atoms with E-state index in [0.29, 0.717) is 17.3 Å². The second-order valence-corrected chi connectivity index (χ2v) is 5.44. The van der Waals surface area contributed by atoms with E-state index in [0.717, 1.165) is 21.8 Å². The number of pyridine rings is 1. The first-order chi connectivity index (χ1) is 8.60. The smallest absolute Gasteiger partial charge is 0.223 e. The Hall–Kier alpha value is -1.08. The number of rotatable bonds is 3. The van der Waals surface area contributed by atoms with Crippen LogP contribution in [0.25, 0.3) is 11.5 Å². The van der Waals surface area contributed by atoms with Gasteiger partial charge in [-0.15, -0.1) is 0 Å². The van der Waals surface area contributed by atoms with Crippen LogP contribution in [-0.4, -0.2) is 19.9 Å². The zero-order valence-corrected chi connectivity index (χ0v) is 12.9. The van der Waals surface area contributed by atoms with E-state index in [1.807, 2.05) is 6.07 Å². The summed E-state index contributed by atoms with van der Waals surface area (Å²) < 4.78 is 1.69. The highest BCUT2D eigenvalue weighted by molar-refractivity contribution is 9.11. The maximum Gasteiger partial charge on any atom is 0.223 e. The third-order valence-electron chi connectivity index (χ3n) is 2.19. The zero-order valence-electron chi connectivity index (χ0n) is 9.69. The average molecular weight is 373 g/mol. The molecule has 0 saturated heterocycles. The molecule has 0 fully saturated rings. The summed E-state index contributed by atoms with van der Waals surface area (Å²) in [5.74, 6) is 1.40. The average Bonchev–Trinajstić information content (AvgIpc) is 2.28. The van der Waals surface area contributed by atoms with Gasteiger partial charge in [-0.1, -0.05) is 6.92 Å². The zero-order chi connectivity index (χ0) is 13.1. The Morgan fingerprint density at radius 3 is 2.67 bits per heavy atom. The molecular weight excluding hydrogens is 362 g/mol. The molecule has 18 heavy (non-hydrogen) atoms. The largest absolute Gasteiger partial charge is 0.368 e. The second-order valence-electron chi connectivity index (χ2n) is 3.67. The number of halogens is 2. The number of hydrogen-bond donors (Lipinski definition) is 1. The van der Waals surface area contributed by atoms with Crippen LogP contribution >= 0.6 is 31.9 Å². The molecule has 7 heteroatoms. The fourth-order valence-electron chi connectivity index (χ4n) is 1.46. The Morgan fingerprint density at radius 1 is 1.22 bits per heavy atom. The molecule has 0 bridgehead atoms. The number of nitrogens with zero attached hydrogens (tertiary/aromatic N) is 4. The van der Waals surface area contributed by atoms with Crippen molar-refractivity contribution in [3.8, 4) is 11.5 Å². The summed E-state index contributed by atoms with van der Waals surface area (Å²) in [6.07, 6.45) is 3.42. The molecule has 0 aliphatic heterocycles. The minimum absolute atomic E-state index is 0.222. The van der Waals surface area contributed by atoms with Crippen LogP contribution in [0.3, 0.4) is 0 Å². The first-order valence-corrected chi connectivity index (χ1v) is 7.00. The van der Waals surface area contributed by atoms with Crippen LogP contribution in [0.5, 0.6) is 0 Å². The molecule has 0 atom stereocenters. The lowest BCUT2D eigenvalue weighted by molar-refractivity contribution is 0.823. The molecule has 2 N–H and O–H groups in total. The van der Waals surface area contributed by atoms with Crippen molar-refractivity contribution in [1.82, 2.24) is 19.9 Å². The van der Waals surface area contributed by atoms with Gasteiger partial charge in [0, 0.05) is 21.6 Å². The van der Waals surface area contributed by atoms with Gasteiger partial charge in [-0.3, -0.25) is 4.98 Å². The maximum absolute atomic E-state index is 5.69. The normalized spacial score (nSPS) is 10.6. The van der Waals surface area contributed by atoms with Gasteiger partial charge in [-0.25, -0.2) is 4.98 Å². The van der Waals surface area contributed by atoms with Crippen LogP contribution < -0.4 is 5.73 Å². The van der Waals surface area contributed by atoms with E-state index in [9.17, 15) is 0 Å². The number of nitrogens with two attached hydrogens (primary N) is 1. The van der Waals surface area contributed by atoms with Gasteiger partial charge >= 0.3 is 0 Å². The highest BCUT2D eigenvalue weighted by atomic mass is 79.9. The van der Waals surface area contributed by atoms with Crippen molar-refractivity contribution in [1.29, 1.82) is 0 Å². The molecule has 0 saturated carbocycles. The predicted octanol–water partition coefficient (Wildman–Crippen LogP) is 2.99. The number of hydrogen-bond acceptors (Lipinski definition) is 5. The highest BCUT2D eigenvalue weighted by Crippen LogP contribution is 2.26. The summed E-state index contributed by atoms with van der Waals surface area (Å²) in [5, 5.41) is 0. The van der Waals surface area contributed by atoms with Crippen LogP contribution in [0.15, 0.2) is 21.2 Å². The molecule has 5 nitrogen and oxygen atoms in total. The predicted molar refractivity (Wildman–Crippen MR) is 76.9 cm³/mol. The fourth-order valence-corrected chi connectivity index (χ4v) is 2.62. The molecule has 0 aliphatic rings. The van der Waals surface area contributed by atoms with Crippen molar-refractivity contribution in [2.24, 2.45) is 0 Å². The van der Waals surface area contributed by atoms with Gasteiger partial charge in [0.25, 0.3) is 0 Å². The SMILES string of the molecule is CCCc1nc(N)nc(-c2ncc(Br)cc2Br)n1. The van der Waals surface area contributed by atoms with Gasteiger partial charge in [0.2, 0.25) is 5.95 Å². The van der Waals surface area contributed by atoms with E-state index in [-0.39, 0.29) is 5.95 Å². The summed E-state index contributed by atoms with van der Waals surface area (Å²) in [5.41, 5.74) is 6.35. The Kier molecular flexibility index (Phi) is 4.23. The minimum atomic E-state index is 0.222. The van der Waals surface area contributed by atoms with Gasteiger partial charge in [0.05, 0.1) is 0 Å². The number of anilines is 1. The van der Waals surface area contributed by atoms with Gasteiger partial charge in [0.15, 0.2) is 5.82 Å². The lowest BCUT2D eigenvalue weighted by atomic mass is 10.3. The molecule has 0 amide bonds. The van der Waals surface area contributed by atoms with Crippen LogP contribution in [0.1, 0.15) is 19.2 Å². The Labute approximate surface area is 122 Å². The summed E-state index contributed by atoms with van der Waals surface area (Å²) in [6.45, 7) is 2.06. The van der Waals surface area contributed by atoms with Crippen LogP contribution in [-0.2, 0) is 6.42 Å². The quantitative estimate of drug-likeness (QED) is 0.895. The summed E-state index contributed by atoms with van der Waals surface area (Å²) in [4.78, 5) is 16.9. The van der Waals surface area contributed by atoms with Crippen molar-refractivity contribution < 1.29 is 0 Å². The number of aromatic nitrogens is 4. The molecule has 2 heterocycles. The van der Waals surface area contributed by atoms with Crippen molar-refractivity contribution in [2.45, 2.75) is 19.8 Å². The number of nitrogen functional groups attached to an aromatic ring is 1. The van der Waals surface area contributed by atoms with E-state index in [2.05, 4.69) is 58.7 Å². The van der Waals surface area contributed by atoms with Crippen LogP contribution in [0, 0.1) is 0 Å². The summed E-state index contributed by atoms with van der Waals surface area (Å²) >= 11 is 6.79. The molecule has 2 aromatic heterocycles. The molecule has 2 aromatic rings. The van der Waals surface area contributed by atoms with Gasteiger partial charge in [-0.05, 0) is 44.3 Å². The molecule has 0 unspecified atom stereocenters. The van der Waals surface area contributed by atoms with E-state index >= 15 is 0 Å². The standard InChI is InChI=1S/C11H11Br2N5/c1-2-3-8-16-10(18-11(14)17-8)9-7(13)4-6(12)5-15-9/h4-5H,2-3H2,1H3,(H2,14,16,17,18).